The number of ether oxygens (including phenoxy) is 1. The Morgan fingerprint density at radius 1 is 0.971 bits per heavy atom. The van der Waals surface area contributed by atoms with Crippen molar-refractivity contribution in [3.05, 3.63) is 90.0 Å². The predicted octanol–water partition coefficient (Wildman–Crippen LogP) is 5.41. The minimum absolute atomic E-state index is 0.0242. The van der Waals surface area contributed by atoms with Crippen molar-refractivity contribution in [1.82, 2.24) is 14.8 Å². The van der Waals surface area contributed by atoms with Gasteiger partial charge in [0.15, 0.2) is 5.13 Å². The fraction of sp³-hybridized carbons (Fsp3) is 0.259. The highest BCUT2D eigenvalue weighted by atomic mass is 127. The van der Waals surface area contributed by atoms with Crippen molar-refractivity contribution < 1.29 is 9.53 Å². The fourth-order valence-electron chi connectivity index (χ4n) is 4.54. The number of amides is 1. The number of thiazole rings is 1. The Morgan fingerprint density at radius 2 is 1.63 bits per heavy atom. The zero-order valence-corrected chi connectivity index (χ0v) is 22.2. The standard InChI is InChI=1S/C27H27IN4O2S/c28-19-34-22-11-12-23-24(17-22)35-27(29-23)30-25(33)18-31-13-15-32(16-14-31)26(20-7-3-1-4-8-20)21-9-5-2-6-10-21/h1-12,17,26H,13-16,18-19H2,(H,29,30,33). The Morgan fingerprint density at radius 3 is 2.26 bits per heavy atom. The molecular formula is C27H27IN4O2S. The van der Waals surface area contributed by atoms with Crippen LogP contribution < -0.4 is 10.1 Å². The van der Waals surface area contributed by atoms with Crippen LogP contribution in [0.3, 0.4) is 0 Å². The molecular weight excluding hydrogens is 571 g/mol. The van der Waals surface area contributed by atoms with Crippen molar-refractivity contribution in [3.63, 3.8) is 0 Å². The molecule has 1 saturated heterocycles. The first-order valence-corrected chi connectivity index (χ1v) is 14.0. The molecule has 0 unspecified atom stereocenters. The van der Waals surface area contributed by atoms with Gasteiger partial charge in [0.25, 0.3) is 0 Å². The molecule has 3 aromatic carbocycles. The van der Waals surface area contributed by atoms with Crippen LogP contribution in [0.15, 0.2) is 78.9 Å². The number of benzene rings is 3. The molecule has 1 N–H and O–H groups in total. The van der Waals surface area contributed by atoms with Crippen LogP contribution in [-0.2, 0) is 4.79 Å². The molecule has 0 spiro atoms. The maximum atomic E-state index is 12.8. The summed E-state index contributed by atoms with van der Waals surface area (Å²) >= 11 is 3.65. The van der Waals surface area contributed by atoms with E-state index < -0.39 is 0 Å². The predicted molar refractivity (Wildman–Crippen MR) is 151 cm³/mol. The van der Waals surface area contributed by atoms with Crippen molar-refractivity contribution in [3.8, 4) is 5.75 Å². The third kappa shape index (κ3) is 6.00. The number of hydrogen-bond acceptors (Lipinski definition) is 6. The molecule has 1 aliphatic rings. The second-order valence-electron chi connectivity index (χ2n) is 8.49. The highest BCUT2D eigenvalue weighted by Crippen LogP contribution is 2.31. The van der Waals surface area contributed by atoms with Gasteiger partial charge < -0.3 is 10.1 Å². The lowest BCUT2D eigenvalue weighted by Crippen LogP contribution is -2.49. The number of carbonyl (C=O) groups excluding carboxylic acids is 1. The summed E-state index contributed by atoms with van der Waals surface area (Å²) in [6, 6.07) is 27.4. The summed E-state index contributed by atoms with van der Waals surface area (Å²) in [5.74, 6) is 0.791. The van der Waals surface area contributed by atoms with Gasteiger partial charge in [0.1, 0.15) is 10.4 Å². The number of anilines is 1. The van der Waals surface area contributed by atoms with Crippen LogP contribution in [0, 0.1) is 0 Å². The molecule has 0 atom stereocenters. The van der Waals surface area contributed by atoms with E-state index in [9.17, 15) is 4.79 Å². The van der Waals surface area contributed by atoms with E-state index in [2.05, 4.69) is 103 Å². The van der Waals surface area contributed by atoms with Gasteiger partial charge in [-0.1, -0.05) is 72.0 Å². The number of hydrogen-bond donors (Lipinski definition) is 1. The van der Waals surface area contributed by atoms with E-state index in [1.54, 1.807) is 0 Å². The van der Waals surface area contributed by atoms with E-state index in [0.29, 0.717) is 16.3 Å². The molecule has 4 aromatic rings. The lowest BCUT2D eigenvalue weighted by molar-refractivity contribution is -0.117. The SMILES string of the molecule is O=C(CN1CCN(C(c2ccccc2)c2ccccc2)CC1)Nc1nc2ccc(OCI)cc2s1. The van der Waals surface area contributed by atoms with Gasteiger partial charge in [-0.15, -0.1) is 0 Å². The van der Waals surface area contributed by atoms with Crippen LogP contribution in [0.25, 0.3) is 10.2 Å². The zero-order valence-electron chi connectivity index (χ0n) is 19.3. The van der Waals surface area contributed by atoms with Gasteiger partial charge in [-0.25, -0.2) is 4.98 Å². The Kier molecular flexibility index (Phi) is 7.92. The first-order valence-electron chi connectivity index (χ1n) is 11.6. The number of piperazine rings is 1. The summed E-state index contributed by atoms with van der Waals surface area (Å²) in [5, 5.41) is 3.61. The van der Waals surface area contributed by atoms with Crippen LogP contribution in [-0.4, -0.2) is 58.0 Å². The molecule has 0 aliphatic carbocycles. The largest absolute Gasteiger partial charge is 0.483 e. The van der Waals surface area contributed by atoms with Crippen molar-refractivity contribution in [2.45, 2.75) is 6.04 Å². The van der Waals surface area contributed by atoms with Gasteiger partial charge in [-0.3, -0.25) is 14.6 Å². The zero-order chi connectivity index (χ0) is 24.0. The number of carbonyl (C=O) groups is 1. The molecule has 6 nitrogen and oxygen atoms in total. The van der Waals surface area contributed by atoms with E-state index in [-0.39, 0.29) is 11.9 Å². The molecule has 180 valence electrons. The third-order valence-corrected chi connectivity index (χ3v) is 7.44. The molecule has 5 rings (SSSR count). The molecule has 2 heterocycles. The Hall–Kier alpha value is -2.53. The molecule has 0 radical (unpaired) electrons. The monoisotopic (exact) mass is 598 g/mol. The normalized spacial score (nSPS) is 14.9. The molecule has 1 aromatic heterocycles. The van der Waals surface area contributed by atoms with Gasteiger partial charge in [0.2, 0.25) is 5.91 Å². The fourth-order valence-corrected chi connectivity index (χ4v) is 5.81. The average molecular weight is 599 g/mol. The van der Waals surface area contributed by atoms with Crippen LogP contribution >= 0.6 is 33.9 Å². The lowest BCUT2D eigenvalue weighted by atomic mass is 9.96. The molecule has 0 bridgehead atoms. The summed E-state index contributed by atoms with van der Waals surface area (Å²) < 4.78 is 7.15. The van der Waals surface area contributed by atoms with E-state index in [1.807, 2.05) is 18.2 Å². The average Bonchev–Trinajstić information content (AvgIpc) is 3.28. The van der Waals surface area contributed by atoms with Crippen molar-refractivity contribution in [2.24, 2.45) is 0 Å². The third-order valence-electron chi connectivity index (χ3n) is 6.20. The Labute approximate surface area is 223 Å². The summed E-state index contributed by atoms with van der Waals surface area (Å²) in [6.45, 7) is 3.88. The molecule has 1 aliphatic heterocycles. The van der Waals surface area contributed by atoms with Crippen LogP contribution in [0.2, 0.25) is 0 Å². The van der Waals surface area contributed by atoms with Gasteiger partial charge >= 0.3 is 0 Å². The van der Waals surface area contributed by atoms with Gasteiger partial charge in [-0.05, 0) is 51.9 Å². The Bertz CT molecular complexity index is 1220. The van der Waals surface area contributed by atoms with E-state index in [4.69, 9.17) is 4.74 Å². The number of fused-ring (bicyclic) bond motifs is 1. The van der Waals surface area contributed by atoms with Gasteiger partial charge in [0.05, 0.1) is 22.8 Å². The number of nitrogens with zero attached hydrogens (tertiary/aromatic N) is 3. The van der Waals surface area contributed by atoms with Crippen LogP contribution in [0.5, 0.6) is 5.75 Å². The second-order valence-corrected chi connectivity index (χ2v) is 10.1. The highest BCUT2D eigenvalue weighted by Gasteiger charge is 2.27. The summed E-state index contributed by atoms with van der Waals surface area (Å²) in [4.78, 5) is 22.0. The topological polar surface area (TPSA) is 57.7 Å². The van der Waals surface area contributed by atoms with Crippen LogP contribution in [0.1, 0.15) is 17.2 Å². The van der Waals surface area contributed by atoms with Crippen LogP contribution in [0.4, 0.5) is 5.13 Å². The van der Waals surface area contributed by atoms with E-state index in [1.165, 1.54) is 22.5 Å². The molecule has 0 saturated carbocycles. The smallest absolute Gasteiger partial charge is 0.240 e. The number of nitrogens with one attached hydrogen (secondary N) is 1. The number of rotatable bonds is 8. The van der Waals surface area contributed by atoms with Crippen molar-refractivity contribution >= 4 is 55.2 Å². The minimum atomic E-state index is -0.0242. The molecule has 1 fully saturated rings. The van der Waals surface area contributed by atoms with Crippen molar-refractivity contribution in [1.29, 1.82) is 0 Å². The summed E-state index contributed by atoms with van der Waals surface area (Å²) in [6.07, 6.45) is 0. The number of alkyl halides is 1. The lowest BCUT2D eigenvalue weighted by Gasteiger charge is -2.39. The molecule has 8 heteroatoms. The Balaban J connectivity index is 1.19. The number of halogens is 1. The first kappa shape index (κ1) is 24.2. The molecule has 1 amide bonds. The summed E-state index contributed by atoms with van der Waals surface area (Å²) in [5.41, 5.74) is 3.47. The molecule has 35 heavy (non-hydrogen) atoms. The van der Waals surface area contributed by atoms with E-state index in [0.717, 1.165) is 42.1 Å². The maximum Gasteiger partial charge on any atom is 0.240 e. The second kappa shape index (κ2) is 11.5. The maximum absolute atomic E-state index is 12.8. The van der Waals surface area contributed by atoms with Gasteiger partial charge in [0, 0.05) is 26.2 Å². The van der Waals surface area contributed by atoms with E-state index >= 15 is 0 Å². The quantitative estimate of drug-likeness (QED) is 0.217. The van der Waals surface area contributed by atoms with Gasteiger partial charge in [-0.2, -0.15) is 0 Å². The first-order chi connectivity index (χ1) is 17.2. The highest BCUT2D eigenvalue weighted by molar-refractivity contribution is 14.1. The van der Waals surface area contributed by atoms with Crippen molar-refractivity contribution in [2.75, 3.05) is 42.7 Å². The number of aromatic nitrogens is 1. The minimum Gasteiger partial charge on any atom is -0.483 e. The summed E-state index contributed by atoms with van der Waals surface area (Å²) in [7, 11) is 0.